The van der Waals surface area contributed by atoms with E-state index in [4.69, 9.17) is 0 Å². The van der Waals surface area contributed by atoms with E-state index in [0.29, 0.717) is 24.3 Å². The molecule has 0 aliphatic rings. The Balaban J connectivity index is 2.03. The molecular weight excluding hydrogens is 524 g/mol. The van der Waals surface area contributed by atoms with Crippen molar-refractivity contribution in [1.82, 2.24) is 10.6 Å². The molecule has 0 radical (unpaired) electrons. The van der Waals surface area contributed by atoms with Crippen LogP contribution in [0.5, 0.6) is 11.5 Å². The third-order valence-electron chi connectivity index (χ3n) is 7.61. The minimum absolute atomic E-state index is 0.145. The summed E-state index contributed by atoms with van der Waals surface area (Å²) >= 11 is 0. The summed E-state index contributed by atoms with van der Waals surface area (Å²) in [6.07, 6.45) is 1.11. The van der Waals surface area contributed by atoms with Gasteiger partial charge in [-0.1, -0.05) is 107 Å². The van der Waals surface area contributed by atoms with Crippen molar-refractivity contribution in [2.45, 2.75) is 144 Å². The van der Waals surface area contributed by atoms with E-state index in [-0.39, 0.29) is 46.3 Å². The highest BCUT2D eigenvalue weighted by atomic mass is 16.3. The topological polar surface area (TPSA) is 98.7 Å². The van der Waals surface area contributed by atoms with Crippen molar-refractivity contribution >= 4 is 11.8 Å². The number of aromatic hydroxyl groups is 2. The summed E-state index contributed by atoms with van der Waals surface area (Å²) < 4.78 is 0. The molecule has 6 heteroatoms. The van der Waals surface area contributed by atoms with E-state index < -0.39 is 6.17 Å². The van der Waals surface area contributed by atoms with Crippen LogP contribution in [0.25, 0.3) is 0 Å². The van der Waals surface area contributed by atoms with Crippen LogP contribution in [-0.4, -0.2) is 28.2 Å². The fourth-order valence-corrected chi connectivity index (χ4v) is 5.14. The van der Waals surface area contributed by atoms with E-state index in [2.05, 4.69) is 93.7 Å². The molecule has 0 saturated carbocycles. The maximum Gasteiger partial charge on any atom is 0.221 e. The Kier molecular flexibility index (Phi) is 10.6. The lowest BCUT2D eigenvalue weighted by molar-refractivity contribution is -0.124. The SMILES string of the molecule is CC(NC(=O)CCc1cc(C(C)(C)C)c(O)c(C(C)(C)C)c1)NC(=O)CCc1cc(C(C)(C)C)c(O)c(C(C)(C)C)c1. The number of phenols is 2. The van der Waals surface area contributed by atoms with E-state index in [1.165, 1.54) is 0 Å². The normalized spacial score (nSPS) is 12.9. The molecule has 234 valence electrons. The van der Waals surface area contributed by atoms with Crippen molar-refractivity contribution in [2.75, 3.05) is 0 Å². The average Bonchev–Trinajstić information content (AvgIpc) is 2.79. The van der Waals surface area contributed by atoms with Gasteiger partial charge in [-0.15, -0.1) is 0 Å². The minimum atomic E-state index is -0.504. The second-order valence-electron chi connectivity index (χ2n) is 15.9. The summed E-state index contributed by atoms with van der Waals surface area (Å²) in [6, 6.07) is 8.01. The molecule has 4 N–H and O–H groups in total. The summed E-state index contributed by atoms with van der Waals surface area (Å²) in [5.41, 5.74) is 4.60. The maximum atomic E-state index is 12.8. The van der Waals surface area contributed by atoms with Crippen LogP contribution >= 0.6 is 0 Å². The quantitative estimate of drug-likeness (QED) is 0.244. The van der Waals surface area contributed by atoms with Crippen molar-refractivity contribution in [2.24, 2.45) is 0 Å². The Morgan fingerprint density at radius 1 is 0.571 bits per heavy atom. The van der Waals surface area contributed by atoms with Gasteiger partial charge in [0, 0.05) is 12.8 Å². The molecule has 2 aromatic rings. The lowest BCUT2D eigenvalue weighted by atomic mass is 9.78. The zero-order valence-electron chi connectivity index (χ0n) is 28.4. The van der Waals surface area contributed by atoms with Crippen LogP contribution in [-0.2, 0) is 44.1 Å². The molecule has 0 fully saturated rings. The molecule has 2 amide bonds. The van der Waals surface area contributed by atoms with Gasteiger partial charge >= 0.3 is 0 Å². The van der Waals surface area contributed by atoms with E-state index in [1.54, 1.807) is 6.92 Å². The van der Waals surface area contributed by atoms with Crippen molar-refractivity contribution < 1.29 is 19.8 Å². The summed E-state index contributed by atoms with van der Waals surface area (Å²) in [5, 5.41) is 27.7. The number of rotatable bonds is 8. The highest BCUT2D eigenvalue weighted by molar-refractivity contribution is 5.79. The van der Waals surface area contributed by atoms with Crippen LogP contribution in [0.1, 0.15) is 136 Å². The largest absolute Gasteiger partial charge is 0.507 e. The summed E-state index contributed by atoms with van der Waals surface area (Å²) in [4.78, 5) is 25.6. The molecule has 42 heavy (non-hydrogen) atoms. The van der Waals surface area contributed by atoms with E-state index in [0.717, 1.165) is 33.4 Å². The molecule has 2 rings (SSSR count). The molecule has 0 unspecified atom stereocenters. The highest BCUT2D eigenvalue weighted by Crippen LogP contribution is 2.41. The fourth-order valence-electron chi connectivity index (χ4n) is 5.14. The van der Waals surface area contributed by atoms with Gasteiger partial charge in [0.1, 0.15) is 11.5 Å². The van der Waals surface area contributed by atoms with Crippen molar-refractivity contribution in [3.05, 3.63) is 57.6 Å². The first-order chi connectivity index (χ1) is 18.9. The van der Waals surface area contributed by atoms with Gasteiger partial charge in [0.25, 0.3) is 0 Å². The molecule has 0 bridgehead atoms. The Hall–Kier alpha value is -3.02. The van der Waals surface area contributed by atoms with Gasteiger partial charge in [-0.05, 0) is 74.8 Å². The molecule has 0 aliphatic heterocycles. The molecule has 0 aromatic heterocycles. The van der Waals surface area contributed by atoms with E-state index >= 15 is 0 Å². The molecule has 0 atom stereocenters. The first kappa shape index (κ1) is 35.2. The monoisotopic (exact) mass is 580 g/mol. The van der Waals surface area contributed by atoms with Crippen LogP contribution in [0.15, 0.2) is 24.3 Å². The number of amides is 2. The van der Waals surface area contributed by atoms with E-state index in [9.17, 15) is 19.8 Å². The van der Waals surface area contributed by atoms with Crippen LogP contribution in [0.3, 0.4) is 0 Å². The molecule has 0 spiro atoms. The average molecular weight is 581 g/mol. The van der Waals surface area contributed by atoms with Crippen molar-refractivity contribution in [1.29, 1.82) is 0 Å². The third kappa shape index (κ3) is 9.50. The standard InChI is InChI=1S/C36H56N2O4/c1-22(37-29(39)16-14-23-18-25(33(2,3)4)31(41)26(19-23)34(5,6)7)38-30(40)17-15-24-20-27(35(8,9)10)32(42)28(21-24)36(11,12)13/h18-22,41-42H,14-17H2,1-13H3,(H,37,39)(H,38,40). The van der Waals surface area contributed by atoms with Crippen molar-refractivity contribution in [3.63, 3.8) is 0 Å². The lowest BCUT2D eigenvalue weighted by Gasteiger charge is -2.28. The van der Waals surface area contributed by atoms with Crippen LogP contribution in [0, 0.1) is 0 Å². The number of nitrogens with one attached hydrogen (secondary N) is 2. The van der Waals surface area contributed by atoms with Crippen LogP contribution in [0.4, 0.5) is 0 Å². The minimum Gasteiger partial charge on any atom is -0.507 e. The summed E-state index contributed by atoms with van der Waals surface area (Å²) in [6.45, 7) is 26.6. The zero-order chi connectivity index (χ0) is 32.4. The molecule has 6 nitrogen and oxygen atoms in total. The number of carbonyl (C=O) groups is 2. The number of hydrogen-bond acceptors (Lipinski definition) is 4. The summed E-state index contributed by atoms with van der Waals surface area (Å²) in [5.74, 6) is 0.370. The van der Waals surface area contributed by atoms with Crippen molar-refractivity contribution in [3.8, 4) is 11.5 Å². The maximum absolute atomic E-state index is 12.8. The van der Waals surface area contributed by atoms with Crippen LogP contribution in [0.2, 0.25) is 0 Å². The number of phenolic OH excluding ortho intramolecular Hbond substituents is 2. The first-order valence-electron chi connectivity index (χ1n) is 15.2. The van der Waals surface area contributed by atoms with Crippen LogP contribution < -0.4 is 10.6 Å². The summed E-state index contributed by atoms with van der Waals surface area (Å²) in [7, 11) is 0. The Morgan fingerprint density at radius 2 is 0.810 bits per heavy atom. The zero-order valence-corrected chi connectivity index (χ0v) is 28.4. The molecular formula is C36H56N2O4. The number of benzene rings is 2. The molecule has 0 aliphatic carbocycles. The van der Waals surface area contributed by atoms with Gasteiger partial charge in [0.2, 0.25) is 11.8 Å². The lowest BCUT2D eigenvalue weighted by Crippen LogP contribution is -2.46. The number of carbonyl (C=O) groups excluding carboxylic acids is 2. The van der Waals surface area contributed by atoms with E-state index in [1.807, 2.05) is 24.3 Å². The predicted octanol–water partition coefficient (Wildman–Crippen LogP) is 7.43. The third-order valence-corrected chi connectivity index (χ3v) is 7.61. The number of aryl methyl sites for hydroxylation is 2. The van der Waals surface area contributed by atoms with Gasteiger partial charge in [0.15, 0.2) is 0 Å². The van der Waals surface area contributed by atoms with Gasteiger partial charge in [0.05, 0.1) is 6.17 Å². The van der Waals surface area contributed by atoms with Gasteiger partial charge in [-0.3, -0.25) is 9.59 Å². The predicted molar refractivity (Wildman–Crippen MR) is 173 cm³/mol. The Labute approximate surface area is 254 Å². The van der Waals surface area contributed by atoms with Gasteiger partial charge in [-0.25, -0.2) is 0 Å². The van der Waals surface area contributed by atoms with Gasteiger partial charge < -0.3 is 20.8 Å². The smallest absolute Gasteiger partial charge is 0.221 e. The molecule has 0 saturated heterocycles. The highest BCUT2D eigenvalue weighted by Gasteiger charge is 2.28. The number of hydrogen-bond donors (Lipinski definition) is 4. The Bertz CT molecular complexity index is 1110. The fraction of sp³-hybridized carbons (Fsp3) is 0.611. The van der Waals surface area contributed by atoms with Gasteiger partial charge in [-0.2, -0.15) is 0 Å². The second-order valence-corrected chi connectivity index (χ2v) is 15.9. The first-order valence-corrected chi connectivity index (χ1v) is 15.2. The molecule has 2 aromatic carbocycles. The molecule has 0 heterocycles. The Morgan fingerprint density at radius 3 is 1.02 bits per heavy atom. The second kappa shape index (κ2) is 12.7.